The monoisotopic (exact) mass is 185 g/mol. The van der Waals surface area contributed by atoms with E-state index in [4.69, 9.17) is 16.3 Å². The normalized spacial score (nSPS) is 10.2. The first-order valence-corrected chi connectivity index (χ1v) is 4.31. The maximum atomic E-state index is 5.78. The fourth-order valence-corrected chi connectivity index (χ4v) is 1.49. The molecule has 1 aromatic heterocycles. The molecule has 2 nitrogen and oxygen atoms in total. The molecule has 66 valence electrons. The minimum atomic E-state index is 0.498. The molecule has 0 bridgehead atoms. The lowest BCUT2D eigenvalue weighted by molar-refractivity contribution is 0.184. The molecule has 0 aliphatic heterocycles. The number of aryl methyl sites for hydroxylation is 1. The van der Waals surface area contributed by atoms with E-state index in [9.17, 15) is 0 Å². The SMILES string of the molecule is COCc1ccnc(C)c1CCl. The van der Waals surface area contributed by atoms with E-state index in [0.29, 0.717) is 12.5 Å². The second-order valence-electron chi connectivity index (χ2n) is 2.60. The molecule has 1 heterocycles. The van der Waals surface area contributed by atoms with Gasteiger partial charge < -0.3 is 4.74 Å². The first kappa shape index (κ1) is 9.49. The van der Waals surface area contributed by atoms with Gasteiger partial charge >= 0.3 is 0 Å². The first-order chi connectivity index (χ1) is 5.79. The fraction of sp³-hybridized carbons (Fsp3) is 0.444. The highest BCUT2D eigenvalue weighted by molar-refractivity contribution is 6.17. The Bertz CT molecular complexity index is 263. The van der Waals surface area contributed by atoms with Crippen molar-refractivity contribution in [3.63, 3.8) is 0 Å². The predicted octanol–water partition coefficient (Wildman–Crippen LogP) is 2.28. The molecule has 12 heavy (non-hydrogen) atoms. The lowest BCUT2D eigenvalue weighted by Gasteiger charge is -2.07. The van der Waals surface area contributed by atoms with Gasteiger partial charge in [-0.25, -0.2) is 0 Å². The maximum Gasteiger partial charge on any atom is 0.0717 e. The Balaban J connectivity index is 3.00. The minimum Gasteiger partial charge on any atom is -0.380 e. The smallest absolute Gasteiger partial charge is 0.0717 e. The molecule has 0 aliphatic rings. The van der Waals surface area contributed by atoms with Gasteiger partial charge in [0.15, 0.2) is 0 Å². The molecular weight excluding hydrogens is 174 g/mol. The Hall–Kier alpha value is -0.600. The van der Waals surface area contributed by atoms with Crippen LogP contribution < -0.4 is 0 Å². The second kappa shape index (κ2) is 4.43. The Morgan fingerprint density at radius 2 is 2.33 bits per heavy atom. The van der Waals surface area contributed by atoms with Crippen LogP contribution in [-0.4, -0.2) is 12.1 Å². The lowest BCUT2D eigenvalue weighted by Crippen LogP contribution is -1.98. The molecule has 0 amide bonds. The van der Waals surface area contributed by atoms with Crippen LogP contribution in [0.1, 0.15) is 16.8 Å². The van der Waals surface area contributed by atoms with Crippen molar-refractivity contribution < 1.29 is 4.74 Å². The number of methoxy groups -OCH3 is 1. The third kappa shape index (κ3) is 1.96. The minimum absolute atomic E-state index is 0.498. The summed E-state index contributed by atoms with van der Waals surface area (Å²) in [5.41, 5.74) is 3.19. The lowest BCUT2D eigenvalue weighted by atomic mass is 10.1. The predicted molar refractivity (Wildman–Crippen MR) is 49.2 cm³/mol. The van der Waals surface area contributed by atoms with Crippen molar-refractivity contribution in [2.45, 2.75) is 19.4 Å². The Morgan fingerprint density at radius 1 is 1.58 bits per heavy atom. The van der Waals surface area contributed by atoms with Crippen molar-refractivity contribution in [1.82, 2.24) is 4.98 Å². The van der Waals surface area contributed by atoms with E-state index in [1.807, 2.05) is 13.0 Å². The van der Waals surface area contributed by atoms with E-state index in [0.717, 1.165) is 16.8 Å². The van der Waals surface area contributed by atoms with Gasteiger partial charge in [-0.05, 0) is 24.1 Å². The molecule has 0 atom stereocenters. The van der Waals surface area contributed by atoms with Gasteiger partial charge in [-0.3, -0.25) is 4.98 Å². The molecule has 1 rings (SSSR count). The number of rotatable bonds is 3. The average Bonchev–Trinajstić information content (AvgIpc) is 2.05. The van der Waals surface area contributed by atoms with E-state index < -0.39 is 0 Å². The van der Waals surface area contributed by atoms with Crippen molar-refractivity contribution in [1.29, 1.82) is 0 Å². The van der Waals surface area contributed by atoms with Crippen molar-refractivity contribution >= 4 is 11.6 Å². The second-order valence-corrected chi connectivity index (χ2v) is 2.87. The summed E-state index contributed by atoms with van der Waals surface area (Å²) in [5.74, 6) is 0.498. The van der Waals surface area contributed by atoms with Gasteiger partial charge in [0.05, 0.1) is 6.61 Å². The number of aromatic nitrogens is 1. The molecule has 0 N–H and O–H groups in total. The van der Waals surface area contributed by atoms with E-state index in [1.165, 1.54) is 0 Å². The van der Waals surface area contributed by atoms with Gasteiger partial charge in [-0.2, -0.15) is 0 Å². The van der Waals surface area contributed by atoms with Gasteiger partial charge in [0.25, 0.3) is 0 Å². The summed E-state index contributed by atoms with van der Waals surface area (Å²) >= 11 is 5.78. The van der Waals surface area contributed by atoms with Crippen LogP contribution in [0.5, 0.6) is 0 Å². The van der Waals surface area contributed by atoms with E-state index in [1.54, 1.807) is 13.3 Å². The van der Waals surface area contributed by atoms with Crippen molar-refractivity contribution in [3.8, 4) is 0 Å². The molecule has 0 saturated carbocycles. The largest absolute Gasteiger partial charge is 0.380 e. The number of ether oxygens (including phenoxy) is 1. The highest BCUT2D eigenvalue weighted by atomic mass is 35.5. The van der Waals surface area contributed by atoms with Crippen molar-refractivity contribution in [2.75, 3.05) is 7.11 Å². The topological polar surface area (TPSA) is 22.1 Å². The highest BCUT2D eigenvalue weighted by Crippen LogP contribution is 2.14. The molecule has 0 saturated heterocycles. The molecule has 0 radical (unpaired) electrons. The van der Waals surface area contributed by atoms with Crippen LogP contribution >= 0.6 is 11.6 Å². The van der Waals surface area contributed by atoms with Gasteiger partial charge in [0, 0.05) is 24.9 Å². The van der Waals surface area contributed by atoms with Crippen LogP contribution in [0.25, 0.3) is 0 Å². The van der Waals surface area contributed by atoms with Crippen LogP contribution in [0.2, 0.25) is 0 Å². The fourth-order valence-electron chi connectivity index (χ4n) is 1.12. The quantitative estimate of drug-likeness (QED) is 0.675. The zero-order valence-electron chi connectivity index (χ0n) is 7.30. The molecular formula is C9H12ClNO. The van der Waals surface area contributed by atoms with Crippen molar-refractivity contribution in [3.05, 3.63) is 29.1 Å². The molecule has 1 aromatic rings. The molecule has 0 fully saturated rings. The number of pyridine rings is 1. The van der Waals surface area contributed by atoms with Crippen LogP contribution in [0.3, 0.4) is 0 Å². The van der Waals surface area contributed by atoms with Crippen LogP contribution in [0.4, 0.5) is 0 Å². The summed E-state index contributed by atoms with van der Waals surface area (Å²) in [5, 5.41) is 0. The Morgan fingerprint density at radius 3 is 2.92 bits per heavy atom. The van der Waals surface area contributed by atoms with Crippen LogP contribution in [0.15, 0.2) is 12.3 Å². The Kier molecular flexibility index (Phi) is 3.50. The molecule has 0 aromatic carbocycles. The summed E-state index contributed by atoms with van der Waals surface area (Å²) < 4.78 is 5.04. The molecule has 3 heteroatoms. The molecule has 0 unspecified atom stereocenters. The maximum absolute atomic E-state index is 5.78. The van der Waals surface area contributed by atoms with Gasteiger partial charge in [-0.1, -0.05) is 0 Å². The van der Waals surface area contributed by atoms with E-state index >= 15 is 0 Å². The van der Waals surface area contributed by atoms with E-state index in [2.05, 4.69) is 4.98 Å². The molecule has 0 spiro atoms. The zero-order valence-corrected chi connectivity index (χ0v) is 8.06. The van der Waals surface area contributed by atoms with Gasteiger partial charge in [0.1, 0.15) is 0 Å². The third-order valence-corrected chi connectivity index (χ3v) is 2.07. The standard InChI is InChI=1S/C9H12ClNO/c1-7-9(5-10)8(6-12-2)3-4-11-7/h3-4H,5-6H2,1-2H3. The first-order valence-electron chi connectivity index (χ1n) is 3.78. The number of hydrogen-bond donors (Lipinski definition) is 0. The number of hydrogen-bond acceptors (Lipinski definition) is 2. The summed E-state index contributed by atoms with van der Waals surface area (Å²) in [6, 6.07) is 1.94. The summed E-state index contributed by atoms with van der Waals surface area (Å²) in [6.45, 7) is 2.56. The molecule has 0 aliphatic carbocycles. The Labute approximate surface area is 77.5 Å². The van der Waals surface area contributed by atoms with Gasteiger partial charge in [-0.15, -0.1) is 11.6 Å². The zero-order chi connectivity index (χ0) is 8.97. The number of halogens is 1. The van der Waals surface area contributed by atoms with Gasteiger partial charge in [0.2, 0.25) is 0 Å². The highest BCUT2D eigenvalue weighted by Gasteiger charge is 2.04. The van der Waals surface area contributed by atoms with Crippen LogP contribution in [-0.2, 0) is 17.2 Å². The number of alkyl halides is 1. The van der Waals surface area contributed by atoms with Crippen LogP contribution in [0, 0.1) is 6.92 Å². The van der Waals surface area contributed by atoms with E-state index in [-0.39, 0.29) is 0 Å². The summed E-state index contributed by atoms with van der Waals surface area (Å²) in [6.07, 6.45) is 1.78. The summed E-state index contributed by atoms with van der Waals surface area (Å²) in [4.78, 5) is 4.15. The average molecular weight is 186 g/mol. The van der Waals surface area contributed by atoms with Crippen molar-refractivity contribution in [2.24, 2.45) is 0 Å². The number of nitrogens with zero attached hydrogens (tertiary/aromatic N) is 1. The summed E-state index contributed by atoms with van der Waals surface area (Å²) in [7, 11) is 1.67. The third-order valence-electron chi connectivity index (χ3n) is 1.80.